The van der Waals surface area contributed by atoms with Crippen molar-refractivity contribution in [2.45, 2.75) is 57.5 Å². The fourth-order valence-electron chi connectivity index (χ4n) is 2.38. The average Bonchev–Trinajstić information content (AvgIpc) is 2.86. The van der Waals surface area contributed by atoms with Gasteiger partial charge in [-0.2, -0.15) is 101 Å². The Labute approximate surface area is 253 Å². The first-order valence-electron chi connectivity index (χ1n) is 9.72. The van der Waals surface area contributed by atoms with Gasteiger partial charge >= 0.3 is 78.7 Å². The van der Waals surface area contributed by atoms with Gasteiger partial charge in [0.15, 0.2) is 0 Å². The Hall–Kier alpha value is -2.00. The number of benzene rings is 1. The lowest BCUT2D eigenvalue weighted by Gasteiger charge is -2.43. The van der Waals surface area contributed by atoms with Crippen molar-refractivity contribution in [1.82, 2.24) is 0 Å². The summed E-state index contributed by atoms with van der Waals surface area (Å²) in [4.78, 5) is 0. The molecule has 1 N–H and O–H groups in total. The van der Waals surface area contributed by atoms with E-state index in [4.69, 9.17) is 17.5 Å². The lowest BCUT2D eigenvalue weighted by atomic mass is 9.87. The van der Waals surface area contributed by atoms with E-state index in [-0.39, 0.29) is 0 Å². The quantitative estimate of drug-likeness (QED) is 0.0692. The highest BCUT2D eigenvalue weighted by Crippen LogP contribution is 2.65. The summed E-state index contributed by atoms with van der Waals surface area (Å²) in [6, 6.07) is 0. The molecule has 0 unspecified atom stereocenters. The van der Waals surface area contributed by atoms with Crippen LogP contribution >= 0.6 is 0 Å². The fourth-order valence-corrected chi connectivity index (χ4v) is 4.68. The second-order valence-corrected chi connectivity index (χ2v) is 11.8. The molecule has 0 aliphatic carbocycles. The molecule has 0 aliphatic rings. The monoisotopic (exact) mass is 910 g/mol. The number of alkyl halides is 22. The van der Waals surface area contributed by atoms with Crippen molar-refractivity contribution in [2.24, 2.45) is 0 Å². The van der Waals surface area contributed by atoms with E-state index in [0.717, 1.165) is 0 Å². The summed E-state index contributed by atoms with van der Waals surface area (Å²) in [5, 5.41) is 0. The molecule has 0 atom stereocenters. The van der Waals surface area contributed by atoms with Crippen LogP contribution in [0.3, 0.4) is 0 Å². The molecule has 0 aliphatic heterocycles. The molecular weight excluding hydrogens is 909 g/mol. The number of hydrogen-bond donors (Lipinski definition) is 1. The Morgan fingerprint density at radius 2 is 0.604 bits per heavy atom. The van der Waals surface area contributed by atoms with Gasteiger partial charge < -0.3 is 4.55 Å². The molecule has 1 aromatic rings. The second-order valence-electron chi connectivity index (χ2n) is 8.00. The van der Waals surface area contributed by atoms with E-state index in [1.165, 1.54) is 0 Å². The molecule has 48 heavy (non-hydrogen) atoms. The number of halogens is 27. The molecule has 0 amide bonds. The van der Waals surface area contributed by atoms with Gasteiger partial charge in [0.25, 0.3) is 3.57 Å². The summed E-state index contributed by atoms with van der Waals surface area (Å²) >= 11 is -5.47. The van der Waals surface area contributed by atoms with E-state index >= 15 is 0 Å². The van der Waals surface area contributed by atoms with Gasteiger partial charge in [0.1, 0.15) is 0 Å². The summed E-state index contributed by atoms with van der Waals surface area (Å²) in [6.07, 6.45) is -8.14. The molecule has 0 fully saturated rings. The Morgan fingerprint density at radius 1 is 0.417 bits per heavy atom. The normalized spacial score (nSPS) is 15.3. The Balaban J connectivity index is 0.00000409. The van der Waals surface area contributed by atoms with Crippen molar-refractivity contribution in [3.05, 3.63) is 32.7 Å². The maximum atomic E-state index is 13.9. The maximum Gasteiger partial charge on any atom is 0.517 e. The zero-order valence-corrected chi connectivity index (χ0v) is 23.3. The van der Waals surface area contributed by atoms with Crippen LogP contribution in [0.1, 0.15) is 0 Å². The fraction of sp³-hybridized carbons (Fsp3) is 0.625. The third-order valence-corrected chi connectivity index (χ3v) is 7.68. The molecule has 284 valence electrons. The van der Waals surface area contributed by atoms with Gasteiger partial charge in [0, 0.05) is 0 Å². The molecule has 0 aromatic heterocycles. The first kappa shape index (κ1) is 46.0. The molecule has 0 saturated carbocycles. The number of rotatable bonds is 10. The van der Waals surface area contributed by atoms with Gasteiger partial charge in [-0.3, -0.25) is 4.55 Å². The third kappa shape index (κ3) is 6.97. The Kier molecular flexibility index (Phi) is 12.1. The van der Waals surface area contributed by atoms with Crippen LogP contribution in [0.25, 0.3) is 0 Å². The average molecular weight is 910 g/mol. The predicted molar refractivity (Wildman–Crippen MR) is 87.8 cm³/mol. The van der Waals surface area contributed by atoms with Gasteiger partial charge in [0.2, 0.25) is 39.5 Å². The van der Waals surface area contributed by atoms with Crippen molar-refractivity contribution in [1.29, 1.82) is 0 Å². The SMILES string of the molecule is Fc1c(F)c(F)c([I+]C(F)(F)C(F)(F)C(F)(F)C(F)(F)C(F)(F)C(F)(F)C(F)(F)C(F)(F)C(F)(F)C(F)(F)F)c(F)c1F.O=S(=O)([O-])O. The molecule has 4 nitrogen and oxygen atoms in total. The molecule has 32 heteroatoms. The third-order valence-electron chi connectivity index (χ3n) is 4.84. The first-order chi connectivity index (χ1) is 20.4. The van der Waals surface area contributed by atoms with Crippen LogP contribution in [0.5, 0.6) is 0 Å². The zero-order chi connectivity index (χ0) is 39.7. The highest BCUT2D eigenvalue weighted by atomic mass is 127. The van der Waals surface area contributed by atoms with Crippen LogP contribution in [0.2, 0.25) is 0 Å². The predicted octanol–water partition coefficient (Wildman–Crippen LogP) is 4.88. The second kappa shape index (κ2) is 12.6. The molecule has 0 radical (unpaired) electrons. The van der Waals surface area contributed by atoms with Crippen LogP contribution in [-0.4, -0.2) is 75.0 Å². The molecule has 0 bridgehead atoms. The van der Waals surface area contributed by atoms with Crippen molar-refractivity contribution in [3.63, 3.8) is 0 Å². The molecule has 0 heterocycles. The van der Waals surface area contributed by atoms with Crippen LogP contribution in [-0.2, 0) is 10.4 Å². The van der Waals surface area contributed by atoms with E-state index < -0.39 is 122 Å². The highest BCUT2D eigenvalue weighted by molar-refractivity contribution is 7.79. The molecule has 0 spiro atoms. The largest absolute Gasteiger partial charge is 0.726 e. The Bertz CT molecular complexity index is 1430. The van der Waals surface area contributed by atoms with Gasteiger partial charge in [-0.15, -0.1) is 0 Å². The van der Waals surface area contributed by atoms with Gasteiger partial charge in [-0.1, -0.05) is 0 Å². The minimum Gasteiger partial charge on any atom is -0.726 e. The van der Waals surface area contributed by atoms with Gasteiger partial charge in [-0.05, 0) is 0 Å². The van der Waals surface area contributed by atoms with Crippen molar-refractivity contribution in [3.8, 4) is 0 Å². The lowest BCUT2D eigenvalue weighted by Crippen LogP contribution is -3.68. The van der Waals surface area contributed by atoms with Gasteiger partial charge in [0.05, 0.1) is 0 Å². The summed E-state index contributed by atoms with van der Waals surface area (Å²) in [5.41, 5.74) is 0. The van der Waals surface area contributed by atoms with E-state index in [9.17, 15) is 114 Å². The topological polar surface area (TPSA) is 77.4 Å². The minimum atomic E-state index is -9.44. The number of hydrogen-bond acceptors (Lipinski definition) is 3. The van der Waals surface area contributed by atoms with E-state index in [1.807, 2.05) is 0 Å². The van der Waals surface area contributed by atoms with E-state index in [0.29, 0.717) is 0 Å². The summed E-state index contributed by atoms with van der Waals surface area (Å²) in [6.45, 7) is 0. The minimum absolute atomic E-state index is 3.20. The van der Waals surface area contributed by atoms with Crippen LogP contribution in [0.4, 0.5) is 114 Å². The smallest absolute Gasteiger partial charge is 0.517 e. The summed E-state index contributed by atoms with van der Waals surface area (Å²) in [7, 11) is -4.92. The van der Waals surface area contributed by atoms with E-state index in [2.05, 4.69) is 0 Å². The first-order valence-corrected chi connectivity index (χ1v) is 13.2. The Morgan fingerprint density at radius 3 is 0.833 bits per heavy atom. The summed E-state index contributed by atoms with van der Waals surface area (Å²) < 4.78 is 368. The summed E-state index contributed by atoms with van der Waals surface area (Å²) in [5.74, 6) is -89.7. The zero-order valence-electron chi connectivity index (χ0n) is 20.3. The highest BCUT2D eigenvalue weighted by Gasteiger charge is 2.99. The van der Waals surface area contributed by atoms with Crippen LogP contribution in [0, 0.1) is 32.7 Å². The van der Waals surface area contributed by atoms with Crippen molar-refractivity contribution in [2.75, 3.05) is 0 Å². The van der Waals surface area contributed by atoms with Crippen LogP contribution < -0.4 is 21.2 Å². The molecule has 0 saturated heterocycles. The van der Waals surface area contributed by atoms with Crippen molar-refractivity contribution >= 4 is 10.4 Å². The van der Waals surface area contributed by atoms with Crippen LogP contribution in [0.15, 0.2) is 0 Å². The van der Waals surface area contributed by atoms with Crippen molar-refractivity contribution < 1.29 is 153 Å². The molecule has 1 aromatic carbocycles. The maximum absolute atomic E-state index is 13.9. The van der Waals surface area contributed by atoms with E-state index in [1.54, 1.807) is 0 Å². The lowest BCUT2D eigenvalue weighted by molar-refractivity contribution is -0.794. The standard InChI is InChI=1S/C16F26I.H2O4S/c17-1-2(18)4(20)6(5(21)3(1)19)43-16(41,42)14(36,37)12(32,33)10(28,29)8(24,25)7(22,23)9(26,27)11(30,31)13(34,35)15(38,39)40;1-5(2,3)4/h;(H2,1,2,3,4)/q+1;/p-1. The van der Waals surface area contributed by atoms with Gasteiger partial charge in [-0.25, -0.2) is 21.6 Å². The molecular formula is C16HF26IO4S. The molecule has 1 rings (SSSR count).